The molecule has 4 rings (SSSR count). The molecular formula is C21H20Cl2N4O3. The lowest BCUT2D eigenvalue weighted by Crippen LogP contribution is -2.40. The summed E-state index contributed by atoms with van der Waals surface area (Å²) in [6, 6.07) is 12.3. The van der Waals surface area contributed by atoms with E-state index in [2.05, 4.69) is 15.5 Å². The summed E-state index contributed by atoms with van der Waals surface area (Å²) < 4.78 is 10.8. The van der Waals surface area contributed by atoms with Crippen LogP contribution in [0.25, 0.3) is 11.4 Å². The molecule has 0 bridgehead atoms. The topological polar surface area (TPSA) is 80.5 Å². The summed E-state index contributed by atoms with van der Waals surface area (Å²) in [5.41, 5.74) is 1.28. The lowest BCUT2D eigenvalue weighted by atomic mass is 9.97. The number of urea groups is 1. The molecule has 7 nitrogen and oxygen atoms in total. The van der Waals surface area contributed by atoms with Crippen molar-refractivity contribution in [2.75, 3.05) is 25.5 Å². The number of hydrogen-bond acceptors (Lipinski definition) is 5. The molecule has 0 atom stereocenters. The highest BCUT2D eigenvalue weighted by atomic mass is 35.5. The normalized spacial score (nSPS) is 14.6. The molecule has 9 heteroatoms. The second kappa shape index (κ2) is 8.93. The van der Waals surface area contributed by atoms with Crippen molar-refractivity contribution >= 4 is 34.9 Å². The average molecular weight is 447 g/mol. The van der Waals surface area contributed by atoms with Crippen molar-refractivity contribution in [1.82, 2.24) is 15.0 Å². The first-order valence-corrected chi connectivity index (χ1v) is 10.3. The monoisotopic (exact) mass is 446 g/mol. The fourth-order valence-corrected chi connectivity index (χ4v) is 3.85. The molecule has 1 aliphatic heterocycles. The zero-order chi connectivity index (χ0) is 21.1. The number of benzene rings is 2. The molecule has 0 radical (unpaired) electrons. The number of carbonyl (C=O) groups excluding carboxylic acids is 1. The Morgan fingerprint density at radius 3 is 2.70 bits per heavy atom. The summed E-state index contributed by atoms with van der Waals surface area (Å²) in [4.78, 5) is 18.9. The first-order chi connectivity index (χ1) is 14.5. The van der Waals surface area contributed by atoms with Gasteiger partial charge in [0.15, 0.2) is 0 Å². The van der Waals surface area contributed by atoms with Crippen molar-refractivity contribution in [1.29, 1.82) is 0 Å². The molecule has 1 fully saturated rings. The molecule has 2 amide bonds. The van der Waals surface area contributed by atoms with Crippen molar-refractivity contribution in [2.45, 2.75) is 18.8 Å². The van der Waals surface area contributed by atoms with Crippen molar-refractivity contribution in [3.63, 3.8) is 0 Å². The summed E-state index contributed by atoms with van der Waals surface area (Å²) >= 11 is 12.2. The lowest BCUT2D eigenvalue weighted by molar-refractivity contribution is 0.187. The predicted octanol–water partition coefficient (Wildman–Crippen LogP) is 5.46. The van der Waals surface area contributed by atoms with E-state index in [-0.39, 0.29) is 11.9 Å². The standard InChI is InChI=1S/C21H20Cl2N4O3/c1-29-18-7-6-14(22)12-17(18)24-21(28)27-10-8-13(9-11-27)20-25-19(26-30-20)15-4-2-3-5-16(15)23/h2-7,12-13H,8-11H2,1H3,(H,24,28). The average Bonchev–Trinajstić information content (AvgIpc) is 3.24. The van der Waals surface area contributed by atoms with Gasteiger partial charge in [0.1, 0.15) is 5.75 Å². The molecule has 0 saturated carbocycles. The lowest BCUT2D eigenvalue weighted by Gasteiger charge is -2.30. The molecule has 3 aromatic rings. The Morgan fingerprint density at radius 2 is 1.97 bits per heavy atom. The molecule has 2 heterocycles. The van der Waals surface area contributed by atoms with Crippen LogP contribution >= 0.6 is 23.2 Å². The number of nitrogens with one attached hydrogen (secondary N) is 1. The second-order valence-electron chi connectivity index (χ2n) is 6.97. The largest absolute Gasteiger partial charge is 0.495 e. The number of likely N-dealkylation sites (tertiary alicyclic amines) is 1. The van der Waals surface area contributed by atoms with E-state index >= 15 is 0 Å². The maximum absolute atomic E-state index is 12.7. The van der Waals surface area contributed by atoms with Gasteiger partial charge in [-0.25, -0.2) is 4.79 Å². The van der Waals surface area contributed by atoms with Crippen LogP contribution in [0, 0.1) is 0 Å². The minimum atomic E-state index is -0.198. The number of piperidine rings is 1. The molecule has 0 aliphatic carbocycles. The Kier molecular flexibility index (Phi) is 6.11. The predicted molar refractivity (Wildman–Crippen MR) is 115 cm³/mol. The Bertz CT molecular complexity index is 1050. The number of anilines is 1. The molecule has 1 saturated heterocycles. The molecule has 2 aromatic carbocycles. The number of halogens is 2. The van der Waals surface area contributed by atoms with Crippen molar-refractivity contribution in [3.8, 4) is 17.1 Å². The van der Waals surface area contributed by atoms with Crippen LogP contribution in [0.1, 0.15) is 24.7 Å². The smallest absolute Gasteiger partial charge is 0.321 e. The SMILES string of the molecule is COc1ccc(Cl)cc1NC(=O)N1CCC(c2nc(-c3ccccc3Cl)no2)CC1. The quantitative estimate of drug-likeness (QED) is 0.574. The van der Waals surface area contributed by atoms with Crippen LogP contribution in [-0.4, -0.2) is 41.3 Å². The van der Waals surface area contributed by atoms with E-state index in [0.717, 1.165) is 18.4 Å². The highest BCUT2D eigenvalue weighted by Crippen LogP contribution is 2.32. The summed E-state index contributed by atoms with van der Waals surface area (Å²) in [5, 5.41) is 8.04. The maximum Gasteiger partial charge on any atom is 0.321 e. The minimum absolute atomic E-state index is 0.0958. The van der Waals surface area contributed by atoms with Gasteiger partial charge in [-0.15, -0.1) is 0 Å². The summed E-state index contributed by atoms with van der Waals surface area (Å²) in [7, 11) is 1.55. The van der Waals surface area contributed by atoms with Gasteiger partial charge < -0.3 is 19.5 Å². The highest BCUT2D eigenvalue weighted by Gasteiger charge is 2.28. The van der Waals surface area contributed by atoms with E-state index in [1.807, 2.05) is 18.2 Å². The zero-order valence-corrected chi connectivity index (χ0v) is 17.8. The highest BCUT2D eigenvalue weighted by molar-refractivity contribution is 6.33. The summed E-state index contributed by atoms with van der Waals surface area (Å²) in [5.74, 6) is 1.70. The Hall–Kier alpha value is -2.77. The molecule has 1 aliphatic rings. The maximum atomic E-state index is 12.7. The summed E-state index contributed by atoms with van der Waals surface area (Å²) in [6.07, 6.45) is 1.45. The summed E-state index contributed by atoms with van der Waals surface area (Å²) in [6.45, 7) is 1.15. The van der Waals surface area contributed by atoms with Gasteiger partial charge in [0, 0.05) is 29.6 Å². The number of rotatable bonds is 4. The molecule has 30 heavy (non-hydrogen) atoms. The van der Waals surface area contributed by atoms with Gasteiger partial charge in [0.25, 0.3) is 0 Å². The molecule has 0 unspecified atom stereocenters. The number of amides is 2. The van der Waals surface area contributed by atoms with E-state index in [1.165, 1.54) is 0 Å². The van der Waals surface area contributed by atoms with Crippen LogP contribution in [-0.2, 0) is 0 Å². The molecule has 156 valence electrons. The molecule has 0 spiro atoms. The Morgan fingerprint density at radius 1 is 1.20 bits per heavy atom. The number of methoxy groups -OCH3 is 1. The van der Waals surface area contributed by atoms with Gasteiger partial charge in [0.05, 0.1) is 17.8 Å². The van der Waals surface area contributed by atoms with Gasteiger partial charge in [0.2, 0.25) is 11.7 Å². The second-order valence-corrected chi connectivity index (χ2v) is 7.82. The third-order valence-corrected chi connectivity index (χ3v) is 5.66. The van der Waals surface area contributed by atoms with Crippen LogP contribution < -0.4 is 10.1 Å². The number of aromatic nitrogens is 2. The van der Waals surface area contributed by atoms with E-state index in [0.29, 0.717) is 46.3 Å². The van der Waals surface area contributed by atoms with Gasteiger partial charge in [-0.2, -0.15) is 4.98 Å². The van der Waals surface area contributed by atoms with Crippen LogP contribution in [0.4, 0.5) is 10.5 Å². The Labute approximate surface area is 183 Å². The van der Waals surface area contributed by atoms with Crippen molar-refractivity contribution < 1.29 is 14.1 Å². The van der Waals surface area contributed by atoms with Crippen LogP contribution in [0.5, 0.6) is 5.75 Å². The fourth-order valence-electron chi connectivity index (χ4n) is 3.45. The number of ether oxygens (including phenoxy) is 1. The van der Waals surface area contributed by atoms with E-state index < -0.39 is 0 Å². The Balaban J connectivity index is 1.38. The van der Waals surface area contributed by atoms with E-state index in [4.69, 9.17) is 32.5 Å². The zero-order valence-electron chi connectivity index (χ0n) is 16.3. The van der Waals surface area contributed by atoms with Crippen LogP contribution in [0.2, 0.25) is 10.0 Å². The van der Waals surface area contributed by atoms with Crippen molar-refractivity contribution in [2.24, 2.45) is 0 Å². The number of carbonyl (C=O) groups is 1. The number of nitrogens with zero attached hydrogens (tertiary/aromatic N) is 3. The molecule has 1 N–H and O–H groups in total. The first-order valence-electron chi connectivity index (χ1n) is 9.53. The van der Waals surface area contributed by atoms with Crippen LogP contribution in [0.3, 0.4) is 0 Å². The van der Waals surface area contributed by atoms with Crippen molar-refractivity contribution in [3.05, 3.63) is 58.4 Å². The van der Waals surface area contributed by atoms with Crippen LogP contribution in [0.15, 0.2) is 47.0 Å². The van der Waals surface area contributed by atoms with Gasteiger partial charge >= 0.3 is 6.03 Å². The third-order valence-electron chi connectivity index (χ3n) is 5.09. The molecular weight excluding hydrogens is 427 g/mol. The number of hydrogen-bond donors (Lipinski definition) is 1. The van der Waals surface area contributed by atoms with E-state index in [1.54, 1.807) is 36.3 Å². The third kappa shape index (κ3) is 4.37. The van der Waals surface area contributed by atoms with Gasteiger partial charge in [-0.05, 0) is 43.2 Å². The first kappa shape index (κ1) is 20.5. The molecule has 1 aromatic heterocycles. The van der Waals surface area contributed by atoms with E-state index in [9.17, 15) is 4.79 Å². The van der Waals surface area contributed by atoms with Gasteiger partial charge in [-0.1, -0.05) is 40.5 Å². The minimum Gasteiger partial charge on any atom is -0.495 e. The van der Waals surface area contributed by atoms with Gasteiger partial charge in [-0.3, -0.25) is 0 Å². The fraction of sp³-hybridized carbons (Fsp3) is 0.286.